The largest absolute Gasteiger partial charge is 0.483 e. The number of piperidine rings is 2. The van der Waals surface area contributed by atoms with Crippen LogP contribution in [0.3, 0.4) is 0 Å². The average molecular weight is 529 g/mol. The number of benzene rings is 2. The molecule has 2 aliphatic rings. The van der Waals surface area contributed by atoms with Crippen molar-refractivity contribution >= 4 is 17.3 Å². The fourth-order valence-electron chi connectivity index (χ4n) is 5.20. The number of nitro benzene ring substituents is 1. The van der Waals surface area contributed by atoms with Crippen molar-refractivity contribution in [2.75, 3.05) is 44.6 Å². The smallest absolute Gasteiger partial charge is 0.311 e. The van der Waals surface area contributed by atoms with Crippen LogP contribution >= 0.6 is 0 Å². The number of hydrogen-bond donors (Lipinski definition) is 1. The number of rotatable bonds is 10. The highest BCUT2D eigenvalue weighted by atomic mass is 19.2. The summed E-state index contributed by atoms with van der Waals surface area (Å²) in [6.07, 6.45) is 5.28. The van der Waals surface area contributed by atoms with Crippen LogP contribution < -0.4 is 10.1 Å². The van der Waals surface area contributed by atoms with Gasteiger partial charge in [0.25, 0.3) is 0 Å². The Bertz CT molecular complexity index is 1150. The molecular weight excluding hydrogens is 494 g/mol. The van der Waals surface area contributed by atoms with Gasteiger partial charge >= 0.3 is 5.69 Å². The normalized spacial score (nSPS) is 17.3. The molecule has 0 saturated carbocycles. The summed E-state index contributed by atoms with van der Waals surface area (Å²) >= 11 is 0. The van der Waals surface area contributed by atoms with Crippen LogP contribution in [-0.4, -0.2) is 66.0 Å². The zero-order valence-electron chi connectivity index (χ0n) is 21.4. The quantitative estimate of drug-likeness (QED) is 0.262. The molecule has 2 aromatic rings. The van der Waals surface area contributed by atoms with Gasteiger partial charge in [0.2, 0.25) is 5.91 Å². The molecule has 2 saturated heterocycles. The Hall–Kier alpha value is -3.53. The number of carbonyl (C=O) groups excluding carboxylic acids is 1. The van der Waals surface area contributed by atoms with E-state index in [9.17, 15) is 23.7 Å². The number of likely N-dealkylation sites (tertiary alicyclic amines) is 2. The molecule has 1 amide bonds. The Kier molecular flexibility index (Phi) is 9.28. The van der Waals surface area contributed by atoms with E-state index < -0.39 is 16.6 Å². The van der Waals surface area contributed by atoms with E-state index in [0.29, 0.717) is 26.1 Å². The first-order valence-electron chi connectivity index (χ1n) is 13.1. The van der Waals surface area contributed by atoms with Crippen molar-refractivity contribution < 1.29 is 23.2 Å². The minimum absolute atomic E-state index is 0.0913. The van der Waals surface area contributed by atoms with Crippen molar-refractivity contribution in [3.05, 3.63) is 76.4 Å². The van der Waals surface area contributed by atoms with E-state index >= 15 is 0 Å². The number of halogens is 2. The molecule has 2 aliphatic heterocycles. The molecule has 10 heteroatoms. The average Bonchev–Trinajstić information content (AvgIpc) is 2.92. The van der Waals surface area contributed by atoms with E-state index in [4.69, 9.17) is 4.74 Å². The first kappa shape index (κ1) is 27.5. The maximum Gasteiger partial charge on any atom is 0.311 e. The highest BCUT2D eigenvalue weighted by Gasteiger charge is 2.26. The van der Waals surface area contributed by atoms with Crippen molar-refractivity contribution in [2.24, 2.45) is 0 Å². The number of nitro groups is 1. The van der Waals surface area contributed by atoms with Gasteiger partial charge in [-0.05, 0) is 68.5 Å². The molecule has 0 radical (unpaired) electrons. The second-order valence-corrected chi connectivity index (χ2v) is 9.88. The minimum atomic E-state index is -0.821. The summed E-state index contributed by atoms with van der Waals surface area (Å²) in [4.78, 5) is 27.8. The molecule has 1 N–H and O–H groups in total. The minimum Gasteiger partial charge on any atom is -0.483 e. The molecule has 0 spiro atoms. The number of anilines is 1. The number of nitrogens with one attached hydrogen (secondary N) is 1. The van der Waals surface area contributed by atoms with Crippen LogP contribution in [0, 0.1) is 21.7 Å². The lowest BCUT2D eigenvalue weighted by Gasteiger charge is -2.35. The SMILES string of the molecule is C=CCOc1cc(NC2CCN(C(=O)CCN3CCC(c4ccc(F)c(F)c4)CC3)CC2)ccc1[N+](=O)[O-]. The molecule has 2 fully saturated rings. The first-order chi connectivity index (χ1) is 18.3. The third-order valence-corrected chi connectivity index (χ3v) is 7.38. The van der Waals surface area contributed by atoms with Gasteiger partial charge in [0, 0.05) is 49.9 Å². The molecule has 4 rings (SSSR count). The van der Waals surface area contributed by atoms with Crippen LogP contribution in [0.25, 0.3) is 0 Å². The lowest BCUT2D eigenvalue weighted by atomic mass is 9.89. The highest BCUT2D eigenvalue weighted by molar-refractivity contribution is 5.76. The molecule has 2 heterocycles. The molecule has 0 unspecified atom stereocenters. The number of ether oxygens (including phenoxy) is 1. The zero-order valence-corrected chi connectivity index (χ0v) is 21.4. The molecule has 2 aromatic carbocycles. The molecule has 38 heavy (non-hydrogen) atoms. The van der Waals surface area contributed by atoms with E-state index in [1.54, 1.807) is 18.2 Å². The first-order valence-corrected chi connectivity index (χ1v) is 13.1. The molecule has 0 aromatic heterocycles. The summed E-state index contributed by atoms with van der Waals surface area (Å²) in [6.45, 7) is 7.42. The predicted octanol–water partition coefficient (Wildman–Crippen LogP) is 5.11. The van der Waals surface area contributed by atoms with E-state index in [1.807, 2.05) is 4.90 Å². The number of carbonyl (C=O) groups is 1. The van der Waals surface area contributed by atoms with Gasteiger partial charge in [0.15, 0.2) is 17.4 Å². The van der Waals surface area contributed by atoms with Gasteiger partial charge in [-0.25, -0.2) is 8.78 Å². The number of amides is 1. The van der Waals surface area contributed by atoms with Gasteiger partial charge in [-0.1, -0.05) is 18.7 Å². The number of hydrogen-bond acceptors (Lipinski definition) is 6. The summed E-state index contributed by atoms with van der Waals surface area (Å²) in [5.74, 6) is -1.07. The number of nitrogens with zero attached hydrogens (tertiary/aromatic N) is 3. The summed E-state index contributed by atoms with van der Waals surface area (Å²) in [5.41, 5.74) is 1.49. The zero-order chi connectivity index (χ0) is 27.1. The summed E-state index contributed by atoms with van der Waals surface area (Å²) < 4.78 is 32.2. The van der Waals surface area contributed by atoms with Gasteiger partial charge in [-0.15, -0.1) is 0 Å². The highest BCUT2D eigenvalue weighted by Crippen LogP contribution is 2.31. The summed E-state index contributed by atoms with van der Waals surface area (Å²) in [6, 6.07) is 9.05. The topological polar surface area (TPSA) is 88.0 Å². The van der Waals surface area contributed by atoms with E-state index in [-0.39, 0.29) is 35.9 Å². The Labute approximate surface area is 221 Å². The van der Waals surface area contributed by atoms with Crippen molar-refractivity contribution in [1.82, 2.24) is 9.80 Å². The van der Waals surface area contributed by atoms with Gasteiger partial charge in [0.1, 0.15) is 6.61 Å². The molecule has 0 bridgehead atoms. The molecule has 0 atom stereocenters. The van der Waals surface area contributed by atoms with Crippen molar-refractivity contribution in [3.8, 4) is 5.75 Å². The molecule has 0 aliphatic carbocycles. The van der Waals surface area contributed by atoms with E-state index in [1.165, 1.54) is 24.3 Å². The van der Waals surface area contributed by atoms with Crippen LogP contribution in [0.15, 0.2) is 49.1 Å². The maximum absolute atomic E-state index is 13.6. The van der Waals surface area contributed by atoms with Gasteiger partial charge in [-0.2, -0.15) is 0 Å². The molecular formula is C28H34F2N4O4. The second-order valence-electron chi connectivity index (χ2n) is 9.88. The third-order valence-electron chi connectivity index (χ3n) is 7.38. The molecule has 204 valence electrons. The Morgan fingerprint density at radius 2 is 1.82 bits per heavy atom. The Morgan fingerprint density at radius 1 is 1.08 bits per heavy atom. The fraction of sp³-hybridized carbons (Fsp3) is 0.464. The standard InChI is InChI=1S/C28H34F2N4O4/c1-2-17-38-27-19-23(4-6-26(27)34(36)37)31-22-9-15-33(16-10-22)28(35)11-14-32-12-7-20(8-13-32)21-3-5-24(29)25(30)18-21/h2-6,18-20,22,31H,1,7-17H2. The van der Waals surface area contributed by atoms with Crippen molar-refractivity contribution in [1.29, 1.82) is 0 Å². The lowest BCUT2D eigenvalue weighted by molar-refractivity contribution is -0.385. The van der Waals surface area contributed by atoms with Gasteiger partial charge in [0.05, 0.1) is 4.92 Å². The summed E-state index contributed by atoms with van der Waals surface area (Å²) in [7, 11) is 0. The Morgan fingerprint density at radius 3 is 2.47 bits per heavy atom. The summed E-state index contributed by atoms with van der Waals surface area (Å²) in [5, 5.41) is 14.7. The van der Waals surface area contributed by atoms with Crippen molar-refractivity contribution in [2.45, 2.75) is 44.1 Å². The van der Waals surface area contributed by atoms with Crippen molar-refractivity contribution in [3.63, 3.8) is 0 Å². The molecule has 8 nitrogen and oxygen atoms in total. The fourth-order valence-corrected chi connectivity index (χ4v) is 5.20. The van der Waals surface area contributed by atoms with Crippen LogP contribution in [0.1, 0.15) is 43.6 Å². The van der Waals surface area contributed by atoms with E-state index in [2.05, 4.69) is 16.8 Å². The third kappa shape index (κ3) is 7.06. The van der Waals surface area contributed by atoms with Gasteiger partial charge in [-0.3, -0.25) is 14.9 Å². The van der Waals surface area contributed by atoms with Crippen LogP contribution in [0.4, 0.5) is 20.2 Å². The van der Waals surface area contributed by atoms with E-state index in [0.717, 1.165) is 50.0 Å². The maximum atomic E-state index is 13.6. The lowest BCUT2D eigenvalue weighted by Crippen LogP contribution is -2.43. The second kappa shape index (κ2) is 12.8. The van der Waals surface area contributed by atoms with Gasteiger partial charge < -0.3 is 19.9 Å². The Balaban J connectivity index is 1.19. The monoisotopic (exact) mass is 528 g/mol. The van der Waals surface area contributed by atoms with Crippen LogP contribution in [0.2, 0.25) is 0 Å². The van der Waals surface area contributed by atoms with Crippen LogP contribution in [0.5, 0.6) is 5.75 Å². The van der Waals surface area contributed by atoms with Crippen LogP contribution in [-0.2, 0) is 4.79 Å². The predicted molar refractivity (Wildman–Crippen MR) is 141 cm³/mol.